The molecule has 0 bridgehead atoms. The van der Waals surface area contributed by atoms with Gasteiger partial charge in [0.05, 0.1) is 81.5 Å². The van der Waals surface area contributed by atoms with Gasteiger partial charge in [-0.05, 0) is 69.6 Å². The van der Waals surface area contributed by atoms with Crippen LogP contribution in [-0.2, 0) is 48.1 Å². The van der Waals surface area contributed by atoms with Gasteiger partial charge in [-0.2, -0.15) is 0 Å². The van der Waals surface area contributed by atoms with Gasteiger partial charge in [-0.25, -0.2) is 28.1 Å². The molecule has 10 unspecified atom stereocenters. The molecule has 0 amide bonds. The average molecular weight is 642 g/mol. The maximum atomic E-state index is 12.1. The second kappa shape index (κ2) is 14.4. The summed E-state index contributed by atoms with van der Waals surface area (Å²) in [4.78, 5) is 48.2. The number of ether oxygens (including phenoxy) is 5. The third kappa shape index (κ3) is 8.07. The maximum absolute atomic E-state index is 12.1. The van der Waals surface area contributed by atoms with E-state index in [-0.39, 0.29) is 37.6 Å². The lowest BCUT2D eigenvalue weighted by Crippen LogP contribution is -2.54. The Morgan fingerprint density at radius 1 is 0.717 bits per heavy atom. The summed E-state index contributed by atoms with van der Waals surface area (Å²) in [6.45, 7) is 12.2. The number of allylic oxidation sites excluding steroid dienone is 3. The molecule has 46 heavy (non-hydrogen) atoms. The maximum Gasteiger partial charge on any atom is 0.336 e. The first kappa shape index (κ1) is 32.9. The zero-order chi connectivity index (χ0) is 32.4. The molecule has 0 radical (unpaired) electrons. The van der Waals surface area contributed by atoms with Crippen molar-refractivity contribution in [3.8, 4) is 0 Å². The molecule has 0 aromatic carbocycles. The molecule has 1 aromatic rings. The number of carbonyl (C=O) groups is 1. The molecule has 252 valence electrons. The molecule has 4 aliphatic heterocycles. The minimum atomic E-state index is -0.650. The van der Waals surface area contributed by atoms with E-state index in [1.165, 1.54) is 31.4 Å². The van der Waals surface area contributed by atoms with E-state index >= 15 is 0 Å². The van der Waals surface area contributed by atoms with Crippen molar-refractivity contribution < 1.29 is 28.5 Å². The highest BCUT2D eigenvalue weighted by Crippen LogP contribution is 2.42. The Kier molecular flexibility index (Phi) is 10.3. The molecule has 7 fully saturated rings. The Balaban J connectivity index is 0.000000128. The molecular formula is C34H47N3O9. The van der Waals surface area contributed by atoms with Gasteiger partial charge in [0.25, 0.3) is 0 Å². The van der Waals surface area contributed by atoms with E-state index in [2.05, 4.69) is 25.8 Å². The van der Waals surface area contributed by atoms with Crippen LogP contribution in [0.1, 0.15) is 57.8 Å². The Morgan fingerprint density at radius 2 is 1.26 bits per heavy atom. The standard InChI is InChI=1S/C14H20O4.C12H15N3O4.C8H12O/c15-14(9-2-4-11-13(6-9)18-11)16-7-8-1-3-10-12(5-8)17-10;1-3-5-13-10(16)14(6-4-2)12(18)15(11(13)17)7-9-8-19-9;1-2-6-3-4-7-8(5-6)9-7/h8-13H,1-7H2;3-4,9H,1-2,5-8H2;2,6-8H,1,3-5H2. The fourth-order valence-electron chi connectivity index (χ4n) is 7.01. The first-order valence-electron chi connectivity index (χ1n) is 16.8. The van der Waals surface area contributed by atoms with E-state index in [9.17, 15) is 19.2 Å². The summed E-state index contributed by atoms with van der Waals surface area (Å²) < 4.78 is 29.8. The number of esters is 1. The number of hydrogen-bond donors (Lipinski definition) is 0. The molecule has 8 rings (SSSR count). The molecule has 0 N–H and O–H groups in total. The predicted molar refractivity (Wildman–Crippen MR) is 169 cm³/mol. The number of rotatable bonds is 10. The predicted octanol–water partition coefficient (Wildman–Crippen LogP) is 2.35. The Bertz CT molecular complexity index is 1430. The molecule has 3 saturated carbocycles. The van der Waals surface area contributed by atoms with Crippen molar-refractivity contribution in [2.75, 3.05) is 13.2 Å². The van der Waals surface area contributed by atoms with E-state index < -0.39 is 17.1 Å². The largest absolute Gasteiger partial charge is 0.465 e. The molecule has 4 saturated heterocycles. The second-order valence-corrected chi connectivity index (χ2v) is 13.5. The van der Waals surface area contributed by atoms with Crippen LogP contribution in [0.2, 0.25) is 0 Å². The van der Waals surface area contributed by atoms with E-state index in [0.29, 0.717) is 55.8 Å². The third-order valence-electron chi connectivity index (χ3n) is 10.1. The minimum absolute atomic E-state index is 0.00258. The minimum Gasteiger partial charge on any atom is -0.465 e. The number of carbonyl (C=O) groups excluding carboxylic acids is 1. The quantitative estimate of drug-likeness (QED) is 0.214. The molecule has 12 heteroatoms. The highest BCUT2D eigenvalue weighted by Gasteiger charge is 2.47. The zero-order valence-corrected chi connectivity index (χ0v) is 26.5. The van der Waals surface area contributed by atoms with Gasteiger partial charge in [-0.15, -0.1) is 19.7 Å². The Hall–Kier alpha value is -3.06. The zero-order valence-electron chi connectivity index (χ0n) is 26.5. The number of nitrogens with zero attached hydrogens (tertiary/aromatic N) is 3. The highest BCUT2D eigenvalue weighted by molar-refractivity contribution is 5.72. The number of aromatic nitrogens is 3. The van der Waals surface area contributed by atoms with Gasteiger partial charge in [0.2, 0.25) is 0 Å². The first-order chi connectivity index (χ1) is 22.3. The average Bonchev–Trinajstić information content (AvgIpc) is 3.89. The van der Waals surface area contributed by atoms with Gasteiger partial charge in [0.1, 0.15) is 0 Å². The summed E-state index contributed by atoms with van der Waals surface area (Å²) >= 11 is 0. The van der Waals surface area contributed by atoms with Gasteiger partial charge >= 0.3 is 23.0 Å². The number of epoxide rings is 4. The Labute approximate surface area is 268 Å². The summed E-state index contributed by atoms with van der Waals surface area (Å²) in [6, 6.07) is 0. The fourth-order valence-corrected chi connectivity index (χ4v) is 7.01. The van der Waals surface area contributed by atoms with E-state index in [0.717, 1.165) is 58.1 Å². The van der Waals surface area contributed by atoms with E-state index in [4.69, 9.17) is 23.7 Å². The molecule has 10 atom stereocenters. The van der Waals surface area contributed by atoms with Crippen molar-refractivity contribution in [3.63, 3.8) is 0 Å². The summed E-state index contributed by atoms with van der Waals surface area (Å²) in [7, 11) is 0. The molecule has 1 aromatic heterocycles. The topological polar surface area (TPSA) is 142 Å². The molecule has 12 nitrogen and oxygen atoms in total. The van der Waals surface area contributed by atoms with Crippen LogP contribution in [0.15, 0.2) is 52.3 Å². The summed E-state index contributed by atoms with van der Waals surface area (Å²) in [5, 5.41) is 0. The van der Waals surface area contributed by atoms with E-state index in [1.54, 1.807) is 0 Å². The number of fused-ring (bicyclic) bond motifs is 3. The Morgan fingerprint density at radius 3 is 1.78 bits per heavy atom. The highest BCUT2D eigenvalue weighted by atomic mass is 16.6. The second-order valence-electron chi connectivity index (χ2n) is 13.5. The van der Waals surface area contributed by atoms with Gasteiger partial charge in [0.15, 0.2) is 0 Å². The first-order valence-corrected chi connectivity index (χ1v) is 16.8. The normalized spacial score (nSPS) is 35.6. The molecular weight excluding hydrogens is 594 g/mol. The van der Waals surface area contributed by atoms with Crippen molar-refractivity contribution in [1.29, 1.82) is 0 Å². The summed E-state index contributed by atoms with van der Waals surface area (Å²) in [6.07, 6.45) is 17.9. The van der Waals surface area contributed by atoms with Crippen LogP contribution in [0.4, 0.5) is 0 Å². The van der Waals surface area contributed by atoms with Crippen LogP contribution >= 0.6 is 0 Å². The van der Waals surface area contributed by atoms with Crippen LogP contribution in [0.5, 0.6) is 0 Å². The van der Waals surface area contributed by atoms with Gasteiger partial charge in [-0.3, -0.25) is 4.79 Å². The van der Waals surface area contributed by atoms with Crippen LogP contribution < -0.4 is 17.1 Å². The van der Waals surface area contributed by atoms with E-state index in [1.807, 2.05) is 0 Å². The van der Waals surface area contributed by atoms with Gasteiger partial charge in [0, 0.05) is 0 Å². The van der Waals surface area contributed by atoms with Crippen molar-refractivity contribution >= 4 is 5.97 Å². The third-order valence-corrected chi connectivity index (χ3v) is 10.1. The summed E-state index contributed by atoms with van der Waals surface area (Å²) in [5.74, 6) is 1.35. The van der Waals surface area contributed by atoms with Crippen molar-refractivity contribution in [2.45, 2.75) is 120 Å². The van der Waals surface area contributed by atoms with Gasteiger partial charge < -0.3 is 23.7 Å². The van der Waals surface area contributed by atoms with Crippen LogP contribution in [-0.4, -0.2) is 75.6 Å². The monoisotopic (exact) mass is 641 g/mol. The molecule has 5 heterocycles. The van der Waals surface area contributed by atoms with Crippen molar-refractivity contribution in [2.24, 2.45) is 17.8 Å². The lowest BCUT2D eigenvalue weighted by atomic mass is 9.89. The van der Waals surface area contributed by atoms with Crippen LogP contribution in [0.25, 0.3) is 0 Å². The van der Waals surface area contributed by atoms with Crippen molar-refractivity contribution in [3.05, 3.63) is 69.4 Å². The fraction of sp³-hybridized carbons (Fsp3) is 0.706. The number of hydrogen-bond acceptors (Lipinski definition) is 9. The molecule has 7 aliphatic rings. The molecule has 3 aliphatic carbocycles. The smallest absolute Gasteiger partial charge is 0.336 e. The van der Waals surface area contributed by atoms with Crippen LogP contribution in [0, 0.1) is 17.8 Å². The summed E-state index contributed by atoms with van der Waals surface area (Å²) in [5.41, 5.74) is -1.92. The molecule has 0 spiro atoms. The SMILES string of the molecule is C=CC1CCC2OC2C1.C=CCn1c(=O)n(CC=C)c(=O)n(CC2CO2)c1=O.O=C(OCC1CCC2OC2C1)C1CCC2OC2C1. The van der Waals surface area contributed by atoms with Gasteiger partial charge in [-0.1, -0.05) is 18.2 Å². The van der Waals surface area contributed by atoms with Crippen LogP contribution in [0.3, 0.4) is 0 Å². The van der Waals surface area contributed by atoms with Crippen molar-refractivity contribution in [1.82, 2.24) is 13.7 Å². The lowest BCUT2D eigenvalue weighted by Gasteiger charge is -2.21. The lowest BCUT2D eigenvalue weighted by molar-refractivity contribution is -0.151.